The van der Waals surface area contributed by atoms with Crippen molar-refractivity contribution >= 4 is 17.5 Å². The van der Waals surface area contributed by atoms with Gasteiger partial charge < -0.3 is 16.0 Å². The molecular weight excluding hydrogens is 254 g/mol. The van der Waals surface area contributed by atoms with Gasteiger partial charge in [0.1, 0.15) is 0 Å². The molecule has 20 heavy (non-hydrogen) atoms. The average Bonchev–Trinajstić information content (AvgIpc) is 2.39. The van der Waals surface area contributed by atoms with E-state index in [1.54, 1.807) is 45.0 Å². The minimum atomic E-state index is -0.245. The van der Waals surface area contributed by atoms with Crippen molar-refractivity contribution in [1.29, 1.82) is 0 Å². The molecule has 0 fully saturated rings. The average molecular weight is 277 g/mol. The molecule has 110 valence electrons. The van der Waals surface area contributed by atoms with Crippen LogP contribution in [-0.2, 0) is 16.0 Å². The Bertz CT molecular complexity index is 467. The maximum Gasteiger partial charge on any atom is 0.228 e. The Labute approximate surface area is 120 Å². The Balaban J connectivity index is 2.63. The van der Waals surface area contributed by atoms with E-state index < -0.39 is 0 Å². The highest BCUT2D eigenvalue weighted by Crippen LogP contribution is 2.12. The molecule has 3 N–H and O–H groups in total. The highest BCUT2D eigenvalue weighted by Gasteiger charge is 2.16. The molecule has 1 rings (SSSR count). The number of rotatable bonds is 5. The summed E-state index contributed by atoms with van der Waals surface area (Å²) in [5, 5.41) is 2.81. The van der Waals surface area contributed by atoms with Crippen LogP contribution in [0.5, 0.6) is 0 Å². The fourth-order valence-electron chi connectivity index (χ4n) is 1.53. The van der Waals surface area contributed by atoms with Gasteiger partial charge in [-0.2, -0.15) is 0 Å². The molecule has 0 bridgehead atoms. The molecular formula is C15H23N3O2. The predicted molar refractivity (Wildman–Crippen MR) is 80.3 cm³/mol. The van der Waals surface area contributed by atoms with Gasteiger partial charge in [0.25, 0.3) is 0 Å². The van der Waals surface area contributed by atoms with Gasteiger partial charge >= 0.3 is 0 Å². The van der Waals surface area contributed by atoms with E-state index in [1.807, 2.05) is 12.1 Å². The van der Waals surface area contributed by atoms with Gasteiger partial charge in [0.15, 0.2) is 0 Å². The van der Waals surface area contributed by atoms with Crippen LogP contribution in [0, 0.1) is 5.92 Å². The molecule has 2 amide bonds. The molecule has 1 aromatic carbocycles. The van der Waals surface area contributed by atoms with E-state index >= 15 is 0 Å². The molecule has 0 aliphatic carbocycles. The van der Waals surface area contributed by atoms with E-state index in [2.05, 4.69) is 5.32 Å². The topological polar surface area (TPSA) is 75.4 Å². The van der Waals surface area contributed by atoms with Crippen LogP contribution in [0.1, 0.15) is 19.4 Å². The van der Waals surface area contributed by atoms with E-state index in [4.69, 9.17) is 5.73 Å². The van der Waals surface area contributed by atoms with Crippen LogP contribution >= 0.6 is 0 Å². The Morgan fingerprint density at radius 3 is 2.20 bits per heavy atom. The summed E-state index contributed by atoms with van der Waals surface area (Å²) in [5.41, 5.74) is 7.32. The van der Waals surface area contributed by atoms with Crippen molar-refractivity contribution in [2.45, 2.75) is 26.3 Å². The summed E-state index contributed by atoms with van der Waals surface area (Å²) in [4.78, 5) is 25.0. The third-order valence-electron chi connectivity index (χ3n) is 3.28. The Morgan fingerprint density at radius 2 is 1.75 bits per heavy atom. The van der Waals surface area contributed by atoms with Crippen molar-refractivity contribution < 1.29 is 9.59 Å². The molecule has 0 saturated heterocycles. The Hall–Kier alpha value is -1.88. The number of nitrogens with one attached hydrogen (secondary N) is 1. The number of amides is 2. The monoisotopic (exact) mass is 277 g/mol. The van der Waals surface area contributed by atoms with Crippen LogP contribution in [-0.4, -0.2) is 36.9 Å². The third kappa shape index (κ3) is 4.66. The van der Waals surface area contributed by atoms with Gasteiger partial charge in [-0.1, -0.05) is 19.1 Å². The highest BCUT2D eigenvalue weighted by molar-refractivity contribution is 5.92. The highest BCUT2D eigenvalue weighted by atomic mass is 16.2. The minimum Gasteiger partial charge on any atom is -0.349 e. The third-order valence-corrected chi connectivity index (χ3v) is 3.28. The first-order valence-corrected chi connectivity index (χ1v) is 6.66. The predicted octanol–water partition coefficient (Wildman–Crippen LogP) is 1.24. The lowest BCUT2D eigenvalue weighted by molar-refractivity contribution is -0.128. The Kier molecular flexibility index (Phi) is 5.70. The molecule has 2 unspecified atom stereocenters. The maximum absolute atomic E-state index is 11.9. The summed E-state index contributed by atoms with van der Waals surface area (Å²) in [5.74, 6) is -0.297. The van der Waals surface area contributed by atoms with E-state index in [-0.39, 0.29) is 23.8 Å². The summed E-state index contributed by atoms with van der Waals surface area (Å²) in [7, 11) is 3.46. The summed E-state index contributed by atoms with van der Waals surface area (Å²) in [6.07, 6.45) is 0.359. The van der Waals surface area contributed by atoms with Crippen molar-refractivity contribution in [2.75, 3.05) is 19.4 Å². The lowest BCUT2D eigenvalue weighted by Crippen LogP contribution is -2.34. The lowest BCUT2D eigenvalue weighted by atomic mass is 10.0. The summed E-state index contributed by atoms with van der Waals surface area (Å²) in [6, 6.07) is 7.09. The number of anilines is 1. The molecule has 0 aromatic heterocycles. The van der Waals surface area contributed by atoms with Gasteiger partial charge in [0, 0.05) is 25.8 Å². The van der Waals surface area contributed by atoms with Crippen LogP contribution in [0.2, 0.25) is 0 Å². The number of likely N-dealkylation sites (N-methyl/N-ethyl adjacent to an activating group) is 1. The van der Waals surface area contributed by atoms with E-state index in [0.29, 0.717) is 12.1 Å². The van der Waals surface area contributed by atoms with Crippen LogP contribution in [0.25, 0.3) is 0 Å². The number of benzene rings is 1. The molecule has 0 aliphatic heterocycles. The first-order valence-electron chi connectivity index (χ1n) is 6.66. The lowest BCUT2D eigenvalue weighted by Gasteiger charge is -2.15. The van der Waals surface area contributed by atoms with Crippen molar-refractivity contribution in [2.24, 2.45) is 11.7 Å². The van der Waals surface area contributed by atoms with E-state index in [1.165, 1.54) is 0 Å². The van der Waals surface area contributed by atoms with Crippen LogP contribution in [0.15, 0.2) is 24.3 Å². The molecule has 5 heteroatoms. The van der Waals surface area contributed by atoms with Crippen molar-refractivity contribution in [3.8, 4) is 0 Å². The maximum atomic E-state index is 11.9. The smallest absolute Gasteiger partial charge is 0.228 e. The fraction of sp³-hybridized carbons (Fsp3) is 0.467. The largest absolute Gasteiger partial charge is 0.349 e. The molecule has 0 radical (unpaired) electrons. The van der Waals surface area contributed by atoms with Crippen LogP contribution < -0.4 is 11.1 Å². The number of nitrogens with two attached hydrogens (primary N) is 1. The number of hydrogen-bond donors (Lipinski definition) is 2. The zero-order chi connectivity index (χ0) is 15.3. The fourth-order valence-corrected chi connectivity index (χ4v) is 1.53. The van der Waals surface area contributed by atoms with Gasteiger partial charge in [-0.3, -0.25) is 9.59 Å². The number of hydrogen-bond acceptors (Lipinski definition) is 3. The Morgan fingerprint density at radius 1 is 1.20 bits per heavy atom. The zero-order valence-corrected chi connectivity index (χ0v) is 12.5. The summed E-state index contributed by atoms with van der Waals surface area (Å²) < 4.78 is 0. The zero-order valence-electron chi connectivity index (χ0n) is 12.5. The molecule has 0 spiro atoms. The second kappa shape index (κ2) is 7.05. The van der Waals surface area contributed by atoms with Gasteiger partial charge in [-0.15, -0.1) is 0 Å². The van der Waals surface area contributed by atoms with Gasteiger partial charge in [0.05, 0.1) is 12.3 Å². The standard InChI is InChI=1S/C15H23N3O2/c1-10(11(2)16)15(20)17-13-7-5-12(6-8-13)9-14(19)18(3)4/h5-8,10-11H,9,16H2,1-4H3,(H,17,20). The first kappa shape index (κ1) is 16.2. The molecule has 0 heterocycles. The van der Waals surface area contributed by atoms with Crippen LogP contribution in [0.3, 0.4) is 0 Å². The summed E-state index contributed by atoms with van der Waals surface area (Å²) in [6.45, 7) is 3.60. The summed E-state index contributed by atoms with van der Waals surface area (Å²) >= 11 is 0. The molecule has 0 aliphatic rings. The number of carbonyl (C=O) groups excluding carboxylic acids is 2. The number of nitrogens with zero attached hydrogens (tertiary/aromatic N) is 1. The van der Waals surface area contributed by atoms with Gasteiger partial charge in [-0.05, 0) is 24.6 Å². The van der Waals surface area contributed by atoms with Crippen molar-refractivity contribution in [1.82, 2.24) is 4.90 Å². The minimum absolute atomic E-state index is 0.0485. The molecule has 2 atom stereocenters. The van der Waals surface area contributed by atoms with E-state index in [9.17, 15) is 9.59 Å². The number of carbonyl (C=O) groups is 2. The molecule has 1 aromatic rings. The normalized spacial score (nSPS) is 13.4. The SMILES string of the molecule is CC(N)C(C)C(=O)Nc1ccc(CC(=O)N(C)C)cc1. The first-order chi connectivity index (χ1) is 9.31. The van der Waals surface area contributed by atoms with Crippen LogP contribution in [0.4, 0.5) is 5.69 Å². The van der Waals surface area contributed by atoms with Crippen molar-refractivity contribution in [3.63, 3.8) is 0 Å². The second-order valence-corrected chi connectivity index (χ2v) is 5.30. The van der Waals surface area contributed by atoms with Crippen molar-refractivity contribution in [3.05, 3.63) is 29.8 Å². The van der Waals surface area contributed by atoms with Gasteiger partial charge in [-0.25, -0.2) is 0 Å². The molecule has 0 saturated carbocycles. The van der Waals surface area contributed by atoms with E-state index in [0.717, 1.165) is 5.56 Å². The quantitative estimate of drug-likeness (QED) is 0.850. The molecule has 5 nitrogen and oxygen atoms in total. The van der Waals surface area contributed by atoms with Gasteiger partial charge in [0.2, 0.25) is 11.8 Å². The second-order valence-electron chi connectivity index (χ2n) is 5.30.